The van der Waals surface area contributed by atoms with Crippen molar-refractivity contribution < 1.29 is 23.8 Å². The Morgan fingerprint density at radius 3 is 2.71 bits per heavy atom. The topological polar surface area (TPSA) is 66.8 Å². The lowest BCUT2D eigenvalue weighted by atomic mass is 10.3. The molecule has 5 nitrogen and oxygen atoms in total. The minimum atomic E-state index is -0.948. The lowest BCUT2D eigenvalue weighted by Gasteiger charge is -2.21. The van der Waals surface area contributed by atoms with Gasteiger partial charge in [0, 0.05) is 12.6 Å². The van der Waals surface area contributed by atoms with Crippen LogP contribution in [0, 0.1) is 5.82 Å². The van der Waals surface area contributed by atoms with E-state index in [1.54, 1.807) is 0 Å². The number of carbonyl (C=O) groups is 2. The second-order valence-corrected chi connectivity index (χ2v) is 5.23. The third kappa shape index (κ3) is 4.60. The second kappa shape index (κ2) is 6.76. The van der Waals surface area contributed by atoms with Gasteiger partial charge in [0.2, 0.25) is 0 Å². The minimum Gasteiger partial charge on any atom is -0.482 e. The largest absolute Gasteiger partial charge is 0.482 e. The third-order valence-corrected chi connectivity index (χ3v) is 3.42. The first-order chi connectivity index (χ1) is 9.97. The number of carbonyl (C=O) groups excluding carboxylic acids is 1. The molecule has 1 aliphatic rings. The summed E-state index contributed by atoms with van der Waals surface area (Å²) in [7, 11) is 0. The number of hydrogen-bond acceptors (Lipinski definition) is 3. The predicted molar refractivity (Wildman–Crippen MR) is 73.9 cm³/mol. The molecule has 0 aromatic heterocycles. The molecule has 1 amide bonds. The Hall–Kier alpha value is -1.82. The van der Waals surface area contributed by atoms with E-state index in [0.717, 1.165) is 18.9 Å². The first-order valence-corrected chi connectivity index (χ1v) is 6.94. The summed E-state index contributed by atoms with van der Waals surface area (Å²) in [6, 6.07) is 3.74. The van der Waals surface area contributed by atoms with Crippen molar-refractivity contribution in [2.75, 3.05) is 13.2 Å². The average Bonchev–Trinajstić information content (AvgIpc) is 3.22. The minimum absolute atomic E-state index is 0.0892. The summed E-state index contributed by atoms with van der Waals surface area (Å²) >= 11 is 5.80. The number of amides is 1. The Morgan fingerprint density at radius 1 is 1.43 bits per heavy atom. The van der Waals surface area contributed by atoms with E-state index in [9.17, 15) is 14.0 Å². The van der Waals surface area contributed by atoms with Crippen molar-refractivity contribution >= 4 is 23.5 Å². The Labute approximate surface area is 126 Å². The molecular formula is C14H15ClFNO4. The number of carboxylic acid groups (broad SMARTS) is 1. The zero-order valence-corrected chi connectivity index (χ0v) is 12.0. The maximum Gasteiger partial charge on any atom is 0.305 e. The summed E-state index contributed by atoms with van der Waals surface area (Å²) in [5.41, 5.74) is 0. The quantitative estimate of drug-likeness (QED) is 0.838. The van der Waals surface area contributed by atoms with E-state index in [0.29, 0.717) is 0 Å². The summed E-state index contributed by atoms with van der Waals surface area (Å²) in [5, 5.41) is 8.78. The van der Waals surface area contributed by atoms with Crippen LogP contribution in [0.15, 0.2) is 18.2 Å². The number of halogens is 2. The Kier molecular flexibility index (Phi) is 5.01. The molecule has 114 valence electrons. The normalized spacial score (nSPS) is 13.8. The fraction of sp³-hybridized carbons (Fsp3) is 0.429. The summed E-state index contributed by atoms with van der Waals surface area (Å²) in [6.45, 7) is -0.0825. The standard InChI is InChI=1S/C14H15ClFNO4/c15-11-7-9(16)1-4-12(11)21-8-13(18)17(10-2-3-10)6-5-14(19)20/h1,4,7,10H,2-3,5-6,8H2,(H,19,20). The van der Waals surface area contributed by atoms with E-state index in [2.05, 4.69) is 0 Å². The molecule has 0 bridgehead atoms. The van der Waals surface area contributed by atoms with E-state index < -0.39 is 11.8 Å². The van der Waals surface area contributed by atoms with Crippen molar-refractivity contribution in [2.24, 2.45) is 0 Å². The number of nitrogens with zero attached hydrogens (tertiary/aromatic N) is 1. The molecule has 1 saturated carbocycles. The van der Waals surface area contributed by atoms with Crippen molar-refractivity contribution in [1.82, 2.24) is 4.90 Å². The number of ether oxygens (including phenoxy) is 1. The summed E-state index contributed by atoms with van der Waals surface area (Å²) in [4.78, 5) is 24.2. The first-order valence-electron chi connectivity index (χ1n) is 6.56. The highest BCUT2D eigenvalue weighted by Crippen LogP contribution is 2.28. The predicted octanol–water partition coefficient (Wildman–Crippen LogP) is 2.32. The van der Waals surface area contributed by atoms with Gasteiger partial charge in [-0.3, -0.25) is 9.59 Å². The molecule has 2 rings (SSSR count). The molecule has 0 radical (unpaired) electrons. The van der Waals surface area contributed by atoms with Gasteiger partial charge in [0.1, 0.15) is 11.6 Å². The van der Waals surface area contributed by atoms with Crippen LogP contribution < -0.4 is 4.74 Å². The number of aliphatic carboxylic acids is 1. The van der Waals surface area contributed by atoms with E-state index >= 15 is 0 Å². The SMILES string of the molecule is O=C(O)CCN(C(=O)COc1ccc(F)cc1Cl)C1CC1. The molecule has 1 aromatic rings. The summed E-state index contributed by atoms with van der Waals surface area (Å²) in [6.07, 6.45) is 1.66. The molecule has 1 N–H and O–H groups in total. The van der Waals surface area contributed by atoms with Gasteiger partial charge in [-0.2, -0.15) is 0 Å². The van der Waals surface area contributed by atoms with Crippen molar-refractivity contribution in [3.63, 3.8) is 0 Å². The number of hydrogen-bond donors (Lipinski definition) is 1. The average molecular weight is 316 g/mol. The van der Waals surface area contributed by atoms with Crippen LogP contribution in [0.5, 0.6) is 5.75 Å². The lowest BCUT2D eigenvalue weighted by Crippen LogP contribution is -2.38. The maximum atomic E-state index is 12.9. The van der Waals surface area contributed by atoms with Gasteiger partial charge < -0.3 is 14.7 Å². The Balaban J connectivity index is 1.91. The highest BCUT2D eigenvalue weighted by molar-refractivity contribution is 6.32. The van der Waals surface area contributed by atoms with Gasteiger partial charge in [0.05, 0.1) is 11.4 Å². The van der Waals surface area contributed by atoms with Crippen LogP contribution in [0.3, 0.4) is 0 Å². The molecule has 0 aliphatic heterocycles. The van der Waals surface area contributed by atoms with Crippen LogP contribution in [0.1, 0.15) is 19.3 Å². The van der Waals surface area contributed by atoms with Crippen LogP contribution in [0.2, 0.25) is 5.02 Å². The molecular weight excluding hydrogens is 301 g/mol. The second-order valence-electron chi connectivity index (χ2n) is 4.83. The zero-order valence-electron chi connectivity index (χ0n) is 11.2. The van der Waals surface area contributed by atoms with E-state index in [1.807, 2.05) is 0 Å². The van der Waals surface area contributed by atoms with Gasteiger partial charge in [-0.25, -0.2) is 4.39 Å². The van der Waals surface area contributed by atoms with Gasteiger partial charge in [-0.15, -0.1) is 0 Å². The van der Waals surface area contributed by atoms with E-state index in [-0.39, 0.29) is 42.3 Å². The smallest absolute Gasteiger partial charge is 0.305 e. The first kappa shape index (κ1) is 15.6. The van der Waals surface area contributed by atoms with Crippen LogP contribution in [0.4, 0.5) is 4.39 Å². The highest BCUT2D eigenvalue weighted by atomic mass is 35.5. The zero-order chi connectivity index (χ0) is 15.4. The monoisotopic (exact) mass is 315 g/mol. The van der Waals surface area contributed by atoms with Crippen LogP contribution in [-0.4, -0.2) is 41.1 Å². The van der Waals surface area contributed by atoms with E-state index in [4.69, 9.17) is 21.4 Å². The molecule has 0 unspecified atom stereocenters. The third-order valence-electron chi connectivity index (χ3n) is 3.12. The number of benzene rings is 1. The van der Waals surface area contributed by atoms with Crippen LogP contribution >= 0.6 is 11.6 Å². The fourth-order valence-electron chi connectivity index (χ4n) is 1.93. The van der Waals surface area contributed by atoms with Crippen molar-refractivity contribution in [2.45, 2.75) is 25.3 Å². The number of carboxylic acids is 1. The molecule has 1 aliphatic carbocycles. The fourth-order valence-corrected chi connectivity index (χ4v) is 2.15. The van der Waals surface area contributed by atoms with Gasteiger partial charge in [-0.1, -0.05) is 11.6 Å². The van der Waals surface area contributed by atoms with Crippen LogP contribution in [-0.2, 0) is 9.59 Å². The van der Waals surface area contributed by atoms with Crippen molar-refractivity contribution in [1.29, 1.82) is 0 Å². The Bertz CT molecular complexity index is 548. The molecule has 0 saturated heterocycles. The lowest BCUT2D eigenvalue weighted by molar-refractivity contribution is -0.139. The molecule has 7 heteroatoms. The maximum absolute atomic E-state index is 12.9. The van der Waals surface area contributed by atoms with Gasteiger partial charge in [0.15, 0.2) is 6.61 Å². The van der Waals surface area contributed by atoms with Gasteiger partial charge >= 0.3 is 5.97 Å². The van der Waals surface area contributed by atoms with Crippen molar-refractivity contribution in [3.8, 4) is 5.75 Å². The van der Waals surface area contributed by atoms with Gasteiger partial charge in [-0.05, 0) is 31.0 Å². The molecule has 1 fully saturated rings. The number of rotatable bonds is 7. The van der Waals surface area contributed by atoms with Gasteiger partial charge in [0.25, 0.3) is 5.91 Å². The molecule has 21 heavy (non-hydrogen) atoms. The molecule has 0 spiro atoms. The molecule has 0 heterocycles. The Morgan fingerprint density at radius 2 is 2.14 bits per heavy atom. The molecule has 1 aromatic carbocycles. The summed E-state index contributed by atoms with van der Waals surface area (Å²) in [5.74, 6) is -1.50. The van der Waals surface area contributed by atoms with Crippen LogP contribution in [0.25, 0.3) is 0 Å². The van der Waals surface area contributed by atoms with Crippen molar-refractivity contribution in [3.05, 3.63) is 29.0 Å². The highest BCUT2D eigenvalue weighted by Gasteiger charge is 2.32. The molecule has 0 atom stereocenters. The van der Waals surface area contributed by atoms with E-state index in [1.165, 1.54) is 17.0 Å². The summed E-state index contributed by atoms with van der Waals surface area (Å²) < 4.78 is 18.2.